The minimum Gasteiger partial charge on any atom is -0.390 e. The van der Waals surface area contributed by atoms with Crippen molar-refractivity contribution in [3.63, 3.8) is 0 Å². The maximum atomic E-state index is 8.80. The fourth-order valence-corrected chi connectivity index (χ4v) is 0.749. The largest absolute Gasteiger partial charge is 0.390 e. The number of nitrogens with two attached hydrogens (primary N) is 1. The lowest BCUT2D eigenvalue weighted by Crippen LogP contribution is -2.13. The van der Waals surface area contributed by atoms with Crippen LogP contribution in [0.5, 0.6) is 0 Å². The monoisotopic (exact) mass is 181 g/mol. The van der Waals surface area contributed by atoms with E-state index in [1.165, 1.54) is 6.20 Å². The molecule has 0 aliphatic heterocycles. The summed E-state index contributed by atoms with van der Waals surface area (Å²) in [6.07, 6.45) is 3.15. The van der Waals surface area contributed by atoms with Gasteiger partial charge in [-0.3, -0.25) is 0 Å². The van der Waals surface area contributed by atoms with Crippen molar-refractivity contribution in [3.8, 4) is 0 Å². The molecule has 1 aromatic rings. The van der Waals surface area contributed by atoms with E-state index in [4.69, 9.17) is 15.4 Å². The van der Waals surface area contributed by atoms with Crippen LogP contribution in [0.4, 0.5) is 0 Å². The van der Waals surface area contributed by atoms with Crippen LogP contribution in [0.15, 0.2) is 33.6 Å². The Kier molecular flexibility index (Phi) is 3.22. The highest BCUT2D eigenvalue weighted by molar-refractivity contribution is 5.95. The van der Waals surface area contributed by atoms with Gasteiger partial charge in [-0.1, -0.05) is 11.2 Å². The summed E-state index contributed by atoms with van der Waals surface area (Å²) in [4.78, 5) is 3.93. The number of hydrogen-bond donors (Lipinski definition) is 2. The predicted molar refractivity (Wildman–Crippen MR) is 48.1 cm³/mol. The van der Waals surface area contributed by atoms with Crippen molar-refractivity contribution in [2.75, 3.05) is 6.61 Å². The molecule has 3 N–H and O–H groups in total. The van der Waals surface area contributed by atoms with Crippen LogP contribution in [0.25, 0.3) is 0 Å². The molecule has 0 radical (unpaired) electrons. The molecule has 1 aromatic heterocycles. The van der Waals surface area contributed by atoms with E-state index in [1.54, 1.807) is 19.1 Å². The molecule has 0 saturated heterocycles. The maximum absolute atomic E-state index is 8.80. The first kappa shape index (κ1) is 9.47. The van der Waals surface area contributed by atoms with Crippen LogP contribution in [0, 0.1) is 0 Å². The molecule has 0 fully saturated rings. The average Bonchev–Trinajstić information content (AvgIpc) is 2.66. The lowest BCUT2D eigenvalue weighted by molar-refractivity contribution is 0.329. The molecule has 0 aliphatic rings. The summed E-state index contributed by atoms with van der Waals surface area (Å²) in [5.74, 6) is 0.604. The molecule has 70 valence electrons. The summed E-state index contributed by atoms with van der Waals surface area (Å²) < 4.78 is 4.77. The van der Waals surface area contributed by atoms with Gasteiger partial charge in [-0.2, -0.15) is 0 Å². The second-order valence-electron chi connectivity index (χ2n) is 2.31. The number of hydrogen-bond acceptors (Lipinski definition) is 4. The zero-order chi connectivity index (χ0) is 9.68. The highest BCUT2D eigenvalue weighted by Gasteiger charge is 2.02. The van der Waals surface area contributed by atoms with Crippen molar-refractivity contribution in [1.82, 2.24) is 5.16 Å². The van der Waals surface area contributed by atoms with Gasteiger partial charge in [0.05, 0.1) is 18.5 Å². The van der Waals surface area contributed by atoms with E-state index in [0.29, 0.717) is 11.5 Å². The van der Waals surface area contributed by atoms with Crippen molar-refractivity contribution in [1.29, 1.82) is 0 Å². The summed E-state index contributed by atoms with van der Waals surface area (Å²) in [5.41, 5.74) is 6.05. The van der Waals surface area contributed by atoms with E-state index in [2.05, 4.69) is 10.1 Å². The number of aromatic nitrogens is 1. The molecule has 5 heteroatoms. The number of rotatable bonds is 3. The first-order valence-electron chi connectivity index (χ1n) is 3.79. The minimum atomic E-state index is -0.147. The summed E-state index contributed by atoms with van der Waals surface area (Å²) >= 11 is 0. The second kappa shape index (κ2) is 4.42. The molecule has 0 saturated carbocycles. The number of amidine groups is 1. The van der Waals surface area contributed by atoms with Crippen LogP contribution in [-0.4, -0.2) is 22.7 Å². The number of allylic oxidation sites excluding steroid dienone is 1. The van der Waals surface area contributed by atoms with Gasteiger partial charge in [0.15, 0.2) is 5.84 Å². The Labute approximate surface area is 75.6 Å². The molecule has 13 heavy (non-hydrogen) atoms. The molecule has 0 bridgehead atoms. The van der Waals surface area contributed by atoms with Crippen LogP contribution in [0.2, 0.25) is 0 Å². The van der Waals surface area contributed by atoms with Crippen LogP contribution in [0.1, 0.15) is 12.7 Å². The van der Waals surface area contributed by atoms with E-state index in [0.717, 1.165) is 0 Å². The van der Waals surface area contributed by atoms with Gasteiger partial charge < -0.3 is 15.4 Å². The van der Waals surface area contributed by atoms with Gasteiger partial charge in [0, 0.05) is 6.07 Å². The molecule has 0 spiro atoms. The van der Waals surface area contributed by atoms with E-state index in [9.17, 15) is 0 Å². The summed E-state index contributed by atoms with van der Waals surface area (Å²) in [5, 5.41) is 12.3. The Hall–Kier alpha value is -1.62. The van der Waals surface area contributed by atoms with Gasteiger partial charge in [0.1, 0.15) is 0 Å². The number of aliphatic hydroxyl groups is 1. The molecular formula is C8H11N3O2. The zero-order valence-corrected chi connectivity index (χ0v) is 7.27. The van der Waals surface area contributed by atoms with Gasteiger partial charge in [0.2, 0.25) is 5.76 Å². The van der Waals surface area contributed by atoms with Crippen LogP contribution in [0.3, 0.4) is 0 Å². The van der Waals surface area contributed by atoms with Crippen molar-refractivity contribution in [3.05, 3.63) is 29.8 Å². The van der Waals surface area contributed by atoms with E-state index in [1.807, 2.05) is 0 Å². The standard InChI is InChI=1S/C8H11N3O2/c1-2-6(5-12)11-8(9)7-3-4-10-13-7/h2-4,12H,5H2,1H3,(H2,9,11)/b6-2-. The van der Waals surface area contributed by atoms with E-state index < -0.39 is 0 Å². The Morgan fingerprint density at radius 3 is 3.08 bits per heavy atom. The zero-order valence-electron chi connectivity index (χ0n) is 7.27. The third-order valence-electron chi connectivity index (χ3n) is 1.45. The Balaban J connectivity index is 2.83. The summed E-state index contributed by atoms with van der Waals surface area (Å²) in [6, 6.07) is 1.60. The molecular weight excluding hydrogens is 170 g/mol. The van der Waals surface area contributed by atoms with Gasteiger partial charge in [-0.05, 0) is 6.92 Å². The molecule has 0 aliphatic carbocycles. The predicted octanol–water partition coefficient (Wildman–Crippen LogP) is 0.276. The van der Waals surface area contributed by atoms with Gasteiger partial charge >= 0.3 is 0 Å². The second-order valence-corrected chi connectivity index (χ2v) is 2.31. The maximum Gasteiger partial charge on any atom is 0.201 e. The fraction of sp³-hybridized carbons (Fsp3) is 0.250. The van der Waals surface area contributed by atoms with E-state index in [-0.39, 0.29) is 12.4 Å². The Morgan fingerprint density at radius 1 is 1.85 bits per heavy atom. The first-order chi connectivity index (χ1) is 6.27. The van der Waals surface area contributed by atoms with Crippen LogP contribution < -0.4 is 5.73 Å². The number of aliphatic hydroxyl groups excluding tert-OH is 1. The van der Waals surface area contributed by atoms with E-state index >= 15 is 0 Å². The van der Waals surface area contributed by atoms with Crippen LogP contribution in [-0.2, 0) is 0 Å². The number of aliphatic imine (C=N–C) groups is 1. The minimum absolute atomic E-state index is 0.147. The molecule has 1 heterocycles. The van der Waals surface area contributed by atoms with Crippen molar-refractivity contribution < 1.29 is 9.63 Å². The van der Waals surface area contributed by atoms with Crippen LogP contribution >= 0.6 is 0 Å². The fourth-order valence-electron chi connectivity index (χ4n) is 0.749. The normalized spacial score (nSPS) is 13.4. The molecule has 0 atom stereocenters. The molecule has 5 nitrogen and oxygen atoms in total. The Bertz CT molecular complexity index is 314. The summed E-state index contributed by atoms with van der Waals surface area (Å²) in [6.45, 7) is 1.62. The third kappa shape index (κ3) is 2.41. The highest BCUT2D eigenvalue weighted by Crippen LogP contribution is 2.00. The average molecular weight is 181 g/mol. The smallest absolute Gasteiger partial charge is 0.201 e. The lowest BCUT2D eigenvalue weighted by Gasteiger charge is -1.96. The highest BCUT2D eigenvalue weighted by atomic mass is 16.5. The number of nitrogens with zero attached hydrogens (tertiary/aromatic N) is 2. The molecule has 0 aromatic carbocycles. The van der Waals surface area contributed by atoms with Gasteiger partial charge in [-0.25, -0.2) is 4.99 Å². The quantitative estimate of drug-likeness (QED) is 0.518. The first-order valence-corrected chi connectivity index (χ1v) is 3.79. The SMILES string of the molecule is C/C=C(/CO)N=C(N)c1ccno1. The van der Waals surface area contributed by atoms with Crippen molar-refractivity contribution in [2.24, 2.45) is 10.7 Å². The van der Waals surface area contributed by atoms with Crippen molar-refractivity contribution in [2.45, 2.75) is 6.92 Å². The Morgan fingerprint density at radius 2 is 2.62 bits per heavy atom. The molecule has 1 rings (SSSR count). The van der Waals surface area contributed by atoms with Gasteiger partial charge in [0.25, 0.3) is 0 Å². The molecule has 0 amide bonds. The topological polar surface area (TPSA) is 84.6 Å². The lowest BCUT2D eigenvalue weighted by atomic mass is 10.4. The summed E-state index contributed by atoms with van der Waals surface area (Å²) in [7, 11) is 0. The molecule has 0 unspecified atom stereocenters. The van der Waals surface area contributed by atoms with Gasteiger partial charge in [-0.15, -0.1) is 0 Å². The van der Waals surface area contributed by atoms with Crippen molar-refractivity contribution >= 4 is 5.84 Å². The third-order valence-corrected chi connectivity index (χ3v) is 1.45.